The maximum Gasteiger partial charge on any atom is 0.170 e. The number of likely N-dealkylation sites (tertiary alicyclic amines) is 1. The van der Waals surface area contributed by atoms with Gasteiger partial charge in [-0.15, -0.1) is 11.3 Å². The highest BCUT2D eigenvalue weighted by molar-refractivity contribution is 7.11. The van der Waals surface area contributed by atoms with E-state index in [4.69, 9.17) is 14.5 Å². The van der Waals surface area contributed by atoms with E-state index >= 15 is 0 Å². The Morgan fingerprint density at radius 3 is 2.68 bits per heavy atom. The van der Waals surface area contributed by atoms with Crippen LogP contribution < -0.4 is 0 Å². The molecule has 0 N–H and O–H groups in total. The number of ether oxygens (including phenoxy) is 2. The topological polar surface area (TPSA) is 34.6 Å². The lowest BCUT2D eigenvalue weighted by Gasteiger charge is -2.37. The van der Waals surface area contributed by atoms with Crippen molar-refractivity contribution in [2.24, 2.45) is 0 Å². The molecule has 0 amide bonds. The number of fused-ring (bicyclic) bond motifs is 1. The van der Waals surface area contributed by atoms with Gasteiger partial charge in [0, 0.05) is 30.8 Å². The lowest BCUT2D eigenvalue weighted by atomic mass is 10.0. The molecule has 4 nitrogen and oxygen atoms in total. The Morgan fingerprint density at radius 1 is 1.16 bits per heavy atom. The van der Waals surface area contributed by atoms with Crippen LogP contribution in [0.4, 0.5) is 0 Å². The van der Waals surface area contributed by atoms with Gasteiger partial charge in [0.2, 0.25) is 0 Å². The molecule has 19 heavy (non-hydrogen) atoms. The summed E-state index contributed by atoms with van der Waals surface area (Å²) in [5.41, 5.74) is 1.37. The molecule has 1 aromatic heterocycles. The summed E-state index contributed by atoms with van der Waals surface area (Å²) in [5, 5.41) is 1.30. The van der Waals surface area contributed by atoms with E-state index in [-0.39, 0.29) is 5.79 Å². The first-order valence-electron chi connectivity index (χ1n) is 7.31. The Balaban J connectivity index is 1.36. The molecule has 104 valence electrons. The molecule has 4 rings (SSSR count). The van der Waals surface area contributed by atoms with Gasteiger partial charge in [0.1, 0.15) is 5.01 Å². The van der Waals surface area contributed by atoms with Crippen LogP contribution in [0.3, 0.4) is 0 Å². The van der Waals surface area contributed by atoms with E-state index in [9.17, 15) is 0 Å². The van der Waals surface area contributed by atoms with Crippen LogP contribution in [-0.2, 0) is 28.9 Å². The maximum atomic E-state index is 5.77. The summed E-state index contributed by atoms with van der Waals surface area (Å²) in [7, 11) is 0. The summed E-state index contributed by atoms with van der Waals surface area (Å²) in [4.78, 5) is 8.81. The van der Waals surface area contributed by atoms with E-state index in [1.54, 1.807) is 0 Å². The van der Waals surface area contributed by atoms with Gasteiger partial charge in [-0.25, -0.2) is 4.98 Å². The Bertz CT molecular complexity index is 437. The van der Waals surface area contributed by atoms with E-state index in [1.165, 1.54) is 34.8 Å². The molecule has 1 aliphatic carbocycles. The van der Waals surface area contributed by atoms with Crippen molar-refractivity contribution in [3.63, 3.8) is 0 Å². The maximum absolute atomic E-state index is 5.77. The largest absolute Gasteiger partial charge is 0.347 e. The highest BCUT2D eigenvalue weighted by Gasteiger charge is 2.39. The molecular weight excluding hydrogens is 260 g/mol. The number of thiazole rings is 1. The van der Waals surface area contributed by atoms with Gasteiger partial charge >= 0.3 is 0 Å². The van der Waals surface area contributed by atoms with Gasteiger partial charge < -0.3 is 9.47 Å². The molecular formula is C14H20N2O2S. The van der Waals surface area contributed by atoms with Crippen LogP contribution in [-0.4, -0.2) is 42.0 Å². The molecule has 0 radical (unpaired) electrons. The molecule has 0 unspecified atom stereocenters. The fourth-order valence-corrected chi connectivity index (χ4v) is 4.54. The number of rotatable bonds is 2. The van der Waals surface area contributed by atoms with Crippen LogP contribution in [0.1, 0.15) is 34.8 Å². The van der Waals surface area contributed by atoms with Crippen molar-refractivity contribution in [3.05, 3.63) is 15.6 Å². The molecule has 2 fully saturated rings. The lowest BCUT2D eigenvalue weighted by molar-refractivity contribution is -0.185. The summed E-state index contributed by atoms with van der Waals surface area (Å²) < 4.78 is 11.5. The van der Waals surface area contributed by atoms with Crippen molar-refractivity contribution in [3.8, 4) is 0 Å². The van der Waals surface area contributed by atoms with Crippen LogP contribution in [0.5, 0.6) is 0 Å². The second-order valence-electron chi connectivity index (χ2n) is 5.71. The van der Waals surface area contributed by atoms with E-state index in [0.29, 0.717) is 0 Å². The van der Waals surface area contributed by atoms with Crippen LogP contribution >= 0.6 is 11.3 Å². The molecule has 0 atom stereocenters. The van der Waals surface area contributed by atoms with Crippen LogP contribution in [0.15, 0.2) is 0 Å². The highest BCUT2D eigenvalue weighted by atomic mass is 32.1. The predicted molar refractivity (Wildman–Crippen MR) is 73.3 cm³/mol. The Hall–Kier alpha value is -0.490. The minimum atomic E-state index is -0.249. The molecule has 5 heteroatoms. The molecule has 0 bridgehead atoms. The van der Waals surface area contributed by atoms with Crippen LogP contribution in [0.2, 0.25) is 0 Å². The second-order valence-corrected chi connectivity index (χ2v) is 6.88. The van der Waals surface area contributed by atoms with Crippen LogP contribution in [0, 0.1) is 0 Å². The Morgan fingerprint density at radius 2 is 1.95 bits per heavy atom. The van der Waals surface area contributed by atoms with E-state index in [2.05, 4.69) is 4.90 Å². The number of nitrogens with zero attached hydrogens (tertiary/aromatic N) is 2. The first-order chi connectivity index (χ1) is 9.33. The SMILES string of the molecule is C1Cc2nc(CN3CCC4(CC3)OCCO4)sc2C1. The van der Waals surface area contributed by atoms with Gasteiger partial charge in [0.15, 0.2) is 5.79 Å². The summed E-state index contributed by atoms with van der Waals surface area (Å²) in [6, 6.07) is 0. The van der Waals surface area contributed by atoms with Crippen molar-refractivity contribution in [1.29, 1.82) is 0 Å². The number of hydrogen-bond donors (Lipinski definition) is 0. The zero-order valence-electron chi connectivity index (χ0n) is 11.2. The predicted octanol–water partition coefficient (Wildman–Crippen LogP) is 1.97. The highest BCUT2D eigenvalue weighted by Crippen LogP contribution is 2.33. The van der Waals surface area contributed by atoms with Crippen molar-refractivity contribution in [2.75, 3.05) is 26.3 Å². The van der Waals surface area contributed by atoms with Crippen LogP contribution in [0.25, 0.3) is 0 Å². The van der Waals surface area contributed by atoms with Crippen molar-refractivity contribution in [1.82, 2.24) is 9.88 Å². The molecule has 1 aromatic rings. The zero-order chi connectivity index (χ0) is 12.7. The average molecular weight is 280 g/mol. The third-order valence-electron chi connectivity index (χ3n) is 4.43. The molecule has 3 heterocycles. The monoisotopic (exact) mass is 280 g/mol. The van der Waals surface area contributed by atoms with E-state index < -0.39 is 0 Å². The van der Waals surface area contributed by atoms with Crippen molar-refractivity contribution < 1.29 is 9.47 Å². The number of piperidine rings is 1. The quantitative estimate of drug-likeness (QED) is 0.829. The number of aromatic nitrogens is 1. The van der Waals surface area contributed by atoms with Gasteiger partial charge in [-0.05, 0) is 19.3 Å². The molecule has 0 saturated carbocycles. The van der Waals surface area contributed by atoms with Gasteiger partial charge in [0.05, 0.1) is 25.5 Å². The minimum Gasteiger partial charge on any atom is -0.347 e. The summed E-state index contributed by atoms with van der Waals surface area (Å²) >= 11 is 1.92. The molecule has 1 spiro atoms. The van der Waals surface area contributed by atoms with Gasteiger partial charge in [-0.2, -0.15) is 0 Å². The Labute approximate surface area is 117 Å². The fourth-order valence-electron chi connectivity index (χ4n) is 3.34. The minimum absolute atomic E-state index is 0.249. The number of aryl methyl sites for hydroxylation is 2. The molecule has 2 aliphatic heterocycles. The second kappa shape index (κ2) is 4.81. The lowest BCUT2D eigenvalue weighted by Crippen LogP contribution is -2.44. The summed E-state index contributed by atoms with van der Waals surface area (Å²) in [5.74, 6) is -0.249. The molecule has 2 saturated heterocycles. The van der Waals surface area contributed by atoms with Crippen molar-refractivity contribution in [2.45, 2.75) is 44.4 Å². The van der Waals surface area contributed by atoms with E-state index in [0.717, 1.165) is 45.7 Å². The van der Waals surface area contributed by atoms with Crippen molar-refractivity contribution >= 4 is 11.3 Å². The first kappa shape index (κ1) is 12.3. The standard InChI is InChI=1S/C14H20N2O2S/c1-2-11-12(3-1)19-13(15-11)10-16-6-4-14(5-7-16)17-8-9-18-14/h1-10H2. The summed E-state index contributed by atoms with van der Waals surface area (Å²) in [6.45, 7) is 4.65. The van der Waals surface area contributed by atoms with Gasteiger partial charge in [0.25, 0.3) is 0 Å². The first-order valence-corrected chi connectivity index (χ1v) is 8.12. The normalized spacial score (nSPS) is 26.1. The fraction of sp³-hybridized carbons (Fsp3) is 0.786. The van der Waals surface area contributed by atoms with Gasteiger partial charge in [-0.1, -0.05) is 0 Å². The number of hydrogen-bond acceptors (Lipinski definition) is 5. The summed E-state index contributed by atoms with van der Waals surface area (Å²) in [6.07, 6.45) is 5.74. The van der Waals surface area contributed by atoms with Gasteiger partial charge in [-0.3, -0.25) is 4.90 Å². The van der Waals surface area contributed by atoms with E-state index in [1.807, 2.05) is 11.3 Å². The third-order valence-corrected chi connectivity index (χ3v) is 5.57. The Kier molecular flexibility index (Phi) is 3.10. The third kappa shape index (κ3) is 2.33. The molecule has 0 aromatic carbocycles. The molecule has 3 aliphatic rings. The smallest absolute Gasteiger partial charge is 0.170 e. The zero-order valence-corrected chi connectivity index (χ0v) is 12.0. The average Bonchev–Trinajstić information content (AvgIpc) is 3.08.